The van der Waals surface area contributed by atoms with E-state index in [2.05, 4.69) is 34.7 Å². The Labute approximate surface area is 173 Å². The van der Waals surface area contributed by atoms with Gasteiger partial charge in [0, 0.05) is 21.6 Å². The zero-order chi connectivity index (χ0) is 19.5. The topological polar surface area (TPSA) is 57.3 Å². The smallest absolute Gasteiger partial charge is 0.244 e. The largest absolute Gasteiger partial charge is 0.352 e. The van der Waals surface area contributed by atoms with Crippen molar-refractivity contribution in [3.05, 3.63) is 82.3 Å². The molecule has 1 amide bonds. The SMILES string of the molecule is Cc1ccc(C2C(c3ccccn3)NC(=S)N2CC(=O)Nc2ccccc2)s1. The fourth-order valence-electron chi connectivity index (χ4n) is 3.37. The molecule has 2 unspecified atom stereocenters. The first-order chi connectivity index (χ1) is 13.6. The number of pyridine rings is 1. The van der Waals surface area contributed by atoms with Gasteiger partial charge in [0.2, 0.25) is 5.91 Å². The zero-order valence-corrected chi connectivity index (χ0v) is 17.0. The number of nitrogens with zero attached hydrogens (tertiary/aromatic N) is 2. The van der Waals surface area contributed by atoms with Crippen LogP contribution in [-0.2, 0) is 4.79 Å². The number of hydrogen-bond acceptors (Lipinski definition) is 4. The standard InChI is InChI=1S/C21H20N4OS2/c1-14-10-11-17(28-14)20-19(16-9-5-6-12-22-16)24-21(27)25(20)13-18(26)23-15-7-3-2-4-8-15/h2-12,19-20H,13H2,1H3,(H,23,26)(H,24,27). The molecule has 4 rings (SSSR count). The summed E-state index contributed by atoms with van der Waals surface area (Å²) in [6.45, 7) is 2.25. The van der Waals surface area contributed by atoms with Gasteiger partial charge in [-0.2, -0.15) is 0 Å². The molecule has 0 aliphatic carbocycles. The Morgan fingerprint density at radius 3 is 2.64 bits per heavy atom. The molecule has 142 valence electrons. The predicted molar refractivity (Wildman–Crippen MR) is 116 cm³/mol. The van der Waals surface area contributed by atoms with Crippen LogP contribution in [0.1, 0.15) is 27.5 Å². The molecule has 0 saturated carbocycles. The Morgan fingerprint density at radius 2 is 1.96 bits per heavy atom. The van der Waals surface area contributed by atoms with Gasteiger partial charge in [-0.25, -0.2) is 0 Å². The highest BCUT2D eigenvalue weighted by atomic mass is 32.1. The van der Waals surface area contributed by atoms with Crippen molar-refractivity contribution in [1.82, 2.24) is 15.2 Å². The molecule has 2 N–H and O–H groups in total. The third-order valence-electron chi connectivity index (χ3n) is 4.62. The van der Waals surface area contributed by atoms with Crippen LogP contribution in [0.4, 0.5) is 5.69 Å². The fraction of sp³-hybridized carbons (Fsp3) is 0.190. The molecule has 2 aromatic heterocycles. The van der Waals surface area contributed by atoms with Gasteiger partial charge in [0.05, 0.1) is 17.8 Å². The maximum absolute atomic E-state index is 12.7. The van der Waals surface area contributed by atoms with Crippen molar-refractivity contribution in [2.75, 3.05) is 11.9 Å². The number of anilines is 1. The van der Waals surface area contributed by atoms with Crippen LogP contribution >= 0.6 is 23.6 Å². The van der Waals surface area contributed by atoms with Crippen LogP contribution in [-0.4, -0.2) is 27.4 Å². The summed E-state index contributed by atoms with van der Waals surface area (Å²) >= 11 is 7.32. The van der Waals surface area contributed by atoms with Crippen molar-refractivity contribution in [2.45, 2.75) is 19.0 Å². The number of aromatic nitrogens is 1. The summed E-state index contributed by atoms with van der Waals surface area (Å²) in [5.74, 6) is -0.102. The minimum absolute atomic E-state index is 0.0809. The normalized spacial score (nSPS) is 18.8. The zero-order valence-electron chi connectivity index (χ0n) is 15.3. The lowest BCUT2D eigenvalue weighted by Gasteiger charge is -2.26. The molecule has 0 spiro atoms. The van der Waals surface area contributed by atoms with Gasteiger partial charge >= 0.3 is 0 Å². The Bertz CT molecular complexity index is 974. The molecule has 2 atom stereocenters. The molecule has 5 nitrogen and oxygen atoms in total. The molecule has 28 heavy (non-hydrogen) atoms. The van der Waals surface area contributed by atoms with Crippen LogP contribution in [0.15, 0.2) is 66.9 Å². The average molecular weight is 409 g/mol. The van der Waals surface area contributed by atoms with Crippen molar-refractivity contribution >= 4 is 40.3 Å². The second kappa shape index (κ2) is 8.08. The molecule has 0 bridgehead atoms. The lowest BCUT2D eigenvalue weighted by molar-refractivity contribution is -0.116. The van der Waals surface area contributed by atoms with Crippen LogP contribution in [0.25, 0.3) is 0 Å². The van der Waals surface area contributed by atoms with E-state index in [9.17, 15) is 4.79 Å². The highest BCUT2D eigenvalue weighted by Gasteiger charge is 2.41. The van der Waals surface area contributed by atoms with Crippen LogP contribution in [0.3, 0.4) is 0 Å². The third kappa shape index (κ3) is 3.90. The number of hydrogen-bond donors (Lipinski definition) is 2. The molecule has 0 radical (unpaired) electrons. The summed E-state index contributed by atoms with van der Waals surface area (Å²) in [5.41, 5.74) is 1.68. The van der Waals surface area contributed by atoms with Crippen LogP contribution in [0.2, 0.25) is 0 Å². The minimum atomic E-state index is -0.102. The van der Waals surface area contributed by atoms with Gasteiger partial charge in [-0.05, 0) is 55.5 Å². The number of rotatable bonds is 5. The van der Waals surface area contributed by atoms with E-state index in [1.54, 1.807) is 17.5 Å². The summed E-state index contributed by atoms with van der Waals surface area (Å²) in [5, 5.41) is 6.87. The molecule has 3 heterocycles. The summed E-state index contributed by atoms with van der Waals surface area (Å²) in [4.78, 5) is 21.5. The number of para-hydroxylation sites is 1. The Balaban J connectivity index is 1.61. The van der Waals surface area contributed by atoms with E-state index >= 15 is 0 Å². The molecule has 1 fully saturated rings. The van der Waals surface area contributed by atoms with Crippen molar-refractivity contribution < 1.29 is 4.79 Å². The summed E-state index contributed by atoms with van der Waals surface area (Å²) in [7, 11) is 0. The third-order valence-corrected chi connectivity index (χ3v) is 6.05. The lowest BCUT2D eigenvalue weighted by atomic mass is 10.0. The Morgan fingerprint density at radius 1 is 1.18 bits per heavy atom. The van der Waals surface area contributed by atoms with Crippen LogP contribution < -0.4 is 10.6 Å². The summed E-state index contributed by atoms with van der Waals surface area (Å²) in [6, 6.07) is 19.3. The molecular formula is C21H20N4OS2. The molecular weight excluding hydrogens is 388 g/mol. The molecule has 3 aromatic rings. The van der Waals surface area contributed by atoms with E-state index in [4.69, 9.17) is 12.2 Å². The van der Waals surface area contributed by atoms with Gasteiger partial charge < -0.3 is 15.5 Å². The average Bonchev–Trinajstić information content (AvgIpc) is 3.26. The van der Waals surface area contributed by atoms with Gasteiger partial charge in [-0.3, -0.25) is 9.78 Å². The van der Waals surface area contributed by atoms with E-state index in [-0.39, 0.29) is 24.5 Å². The molecule has 1 saturated heterocycles. The maximum Gasteiger partial charge on any atom is 0.244 e. The van der Waals surface area contributed by atoms with Gasteiger partial charge in [-0.1, -0.05) is 24.3 Å². The minimum Gasteiger partial charge on any atom is -0.352 e. The highest BCUT2D eigenvalue weighted by Crippen LogP contribution is 2.41. The van der Waals surface area contributed by atoms with Crippen LogP contribution in [0, 0.1) is 6.92 Å². The second-order valence-electron chi connectivity index (χ2n) is 6.62. The first kappa shape index (κ1) is 18.6. The van der Waals surface area contributed by atoms with Crippen molar-refractivity contribution in [3.63, 3.8) is 0 Å². The second-order valence-corrected chi connectivity index (χ2v) is 8.32. The molecule has 1 aliphatic heterocycles. The van der Waals surface area contributed by atoms with E-state index in [0.29, 0.717) is 5.11 Å². The Hall–Kier alpha value is -2.77. The number of aryl methyl sites for hydroxylation is 1. The van der Waals surface area contributed by atoms with Crippen molar-refractivity contribution in [3.8, 4) is 0 Å². The first-order valence-electron chi connectivity index (χ1n) is 9.01. The number of nitrogens with one attached hydrogen (secondary N) is 2. The van der Waals surface area contributed by atoms with Crippen molar-refractivity contribution in [2.24, 2.45) is 0 Å². The highest BCUT2D eigenvalue weighted by molar-refractivity contribution is 7.80. The fourth-order valence-corrected chi connectivity index (χ4v) is 4.71. The number of carbonyl (C=O) groups excluding carboxylic acids is 1. The molecule has 7 heteroatoms. The summed E-state index contributed by atoms with van der Waals surface area (Å²) < 4.78 is 0. The van der Waals surface area contributed by atoms with Gasteiger partial charge in [0.15, 0.2) is 5.11 Å². The van der Waals surface area contributed by atoms with Crippen LogP contribution in [0.5, 0.6) is 0 Å². The van der Waals surface area contributed by atoms with Gasteiger partial charge in [0.1, 0.15) is 6.54 Å². The van der Waals surface area contributed by atoms with Gasteiger partial charge in [0.25, 0.3) is 0 Å². The predicted octanol–water partition coefficient (Wildman–Crippen LogP) is 4.06. The number of carbonyl (C=O) groups is 1. The quantitative estimate of drug-likeness (QED) is 0.624. The van der Waals surface area contributed by atoms with E-state index in [0.717, 1.165) is 16.3 Å². The lowest BCUT2D eigenvalue weighted by Crippen LogP contribution is -2.36. The Kier molecular flexibility index (Phi) is 5.36. The van der Waals surface area contributed by atoms with E-state index in [1.807, 2.05) is 53.4 Å². The van der Waals surface area contributed by atoms with Crippen molar-refractivity contribution in [1.29, 1.82) is 0 Å². The molecule has 1 aliphatic rings. The van der Waals surface area contributed by atoms with E-state index < -0.39 is 0 Å². The maximum atomic E-state index is 12.7. The van der Waals surface area contributed by atoms with Gasteiger partial charge in [-0.15, -0.1) is 11.3 Å². The summed E-state index contributed by atoms with van der Waals surface area (Å²) in [6.07, 6.45) is 1.78. The first-order valence-corrected chi connectivity index (χ1v) is 10.2. The number of benzene rings is 1. The monoisotopic (exact) mass is 408 g/mol. The number of thiophene rings is 1. The number of amides is 1. The van der Waals surface area contributed by atoms with E-state index in [1.165, 1.54) is 4.88 Å². The number of thiocarbonyl (C=S) groups is 1. The molecule has 1 aromatic carbocycles.